The second kappa shape index (κ2) is 9.13. The van der Waals surface area contributed by atoms with Crippen LogP contribution in [0.4, 0.5) is 10.5 Å². The van der Waals surface area contributed by atoms with Gasteiger partial charge in [0, 0.05) is 19.7 Å². The molecule has 0 fully saturated rings. The molecule has 0 aliphatic heterocycles. The number of carbonyl (C=O) groups is 1. The van der Waals surface area contributed by atoms with Crippen molar-refractivity contribution in [3.63, 3.8) is 0 Å². The molecule has 0 saturated carbocycles. The van der Waals surface area contributed by atoms with E-state index < -0.39 is 16.1 Å². The highest BCUT2D eigenvalue weighted by molar-refractivity contribution is 7.89. The molecule has 0 unspecified atom stereocenters. The van der Waals surface area contributed by atoms with Crippen LogP contribution in [-0.4, -0.2) is 39.8 Å². The van der Waals surface area contributed by atoms with E-state index in [-0.39, 0.29) is 11.4 Å². The van der Waals surface area contributed by atoms with E-state index in [4.69, 9.17) is 14.6 Å². The summed E-state index contributed by atoms with van der Waals surface area (Å²) in [5.41, 5.74) is 1.09. The van der Waals surface area contributed by atoms with Crippen LogP contribution in [0, 0.1) is 0 Å². The van der Waals surface area contributed by atoms with Crippen molar-refractivity contribution in [1.29, 1.82) is 0 Å². The smallest absolute Gasteiger partial charge is 0.319 e. The number of urea groups is 1. The van der Waals surface area contributed by atoms with Gasteiger partial charge in [0.15, 0.2) is 0 Å². The number of aromatic nitrogens is 1. The molecule has 0 bridgehead atoms. The average molecular weight is 380 g/mol. The highest BCUT2D eigenvalue weighted by Gasteiger charge is 2.09. The molecular formula is C16H20N4O5S. The third-order valence-electron chi connectivity index (χ3n) is 3.21. The van der Waals surface area contributed by atoms with Gasteiger partial charge in [-0.05, 0) is 23.8 Å². The maximum absolute atomic E-state index is 11.9. The normalized spacial score (nSPS) is 11.0. The summed E-state index contributed by atoms with van der Waals surface area (Å²) in [6, 6.07) is 8.85. The quantitative estimate of drug-likeness (QED) is 0.587. The first-order chi connectivity index (χ1) is 12.4. The van der Waals surface area contributed by atoms with Crippen LogP contribution >= 0.6 is 0 Å². The molecule has 26 heavy (non-hydrogen) atoms. The number of amides is 2. The largest absolute Gasteiger partial charge is 0.475 e. The van der Waals surface area contributed by atoms with Crippen LogP contribution < -0.4 is 20.5 Å². The first-order valence-corrected chi connectivity index (χ1v) is 9.17. The number of anilines is 1. The Hall–Kier alpha value is -2.69. The van der Waals surface area contributed by atoms with Gasteiger partial charge in [-0.1, -0.05) is 12.1 Å². The SMILES string of the molecule is COCCOc1ccc(NC(=O)NCc2cccc(S(N)(=O)=O)c2)cn1. The van der Waals surface area contributed by atoms with E-state index in [1.165, 1.54) is 18.3 Å². The standard InChI is InChI=1S/C16H20N4O5S/c1-24-7-8-25-15-6-5-13(11-18-15)20-16(21)19-10-12-3-2-4-14(9-12)26(17,22)23/h2-6,9,11H,7-8,10H2,1H3,(H2,17,22,23)(H2,19,20,21). The van der Waals surface area contributed by atoms with Crippen LogP contribution in [0.2, 0.25) is 0 Å². The number of pyridine rings is 1. The van der Waals surface area contributed by atoms with E-state index >= 15 is 0 Å². The van der Waals surface area contributed by atoms with Gasteiger partial charge in [-0.2, -0.15) is 0 Å². The van der Waals surface area contributed by atoms with Gasteiger partial charge >= 0.3 is 6.03 Å². The monoisotopic (exact) mass is 380 g/mol. The van der Waals surface area contributed by atoms with E-state index in [0.717, 1.165) is 0 Å². The fraction of sp³-hybridized carbons (Fsp3) is 0.250. The molecule has 140 valence electrons. The summed E-state index contributed by atoms with van der Waals surface area (Å²) in [6.45, 7) is 0.978. The number of hydrogen-bond donors (Lipinski definition) is 3. The Morgan fingerprint density at radius 2 is 2.04 bits per heavy atom. The second-order valence-corrected chi connectivity index (χ2v) is 6.79. The highest BCUT2D eigenvalue weighted by Crippen LogP contribution is 2.12. The van der Waals surface area contributed by atoms with Gasteiger partial charge in [0.05, 0.1) is 23.4 Å². The summed E-state index contributed by atoms with van der Waals surface area (Å²) in [5, 5.41) is 10.3. The first-order valence-electron chi connectivity index (χ1n) is 7.63. The lowest BCUT2D eigenvalue weighted by molar-refractivity contribution is 0.144. The summed E-state index contributed by atoms with van der Waals surface area (Å²) in [7, 11) is -2.20. The average Bonchev–Trinajstić information content (AvgIpc) is 2.61. The maximum atomic E-state index is 11.9. The Morgan fingerprint density at radius 1 is 1.23 bits per heavy atom. The lowest BCUT2D eigenvalue weighted by Crippen LogP contribution is -2.28. The summed E-state index contributed by atoms with van der Waals surface area (Å²) in [5.74, 6) is 0.424. The topological polar surface area (TPSA) is 133 Å². The predicted octanol–water partition coefficient (Wildman–Crippen LogP) is 1.08. The lowest BCUT2D eigenvalue weighted by Gasteiger charge is -2.09. The highest BCUT2D eigenvalue weighted by atomic mass is 32.2. The number of ether oxygens (including phenoxy) is 2. The van der Waals surface area contributed by atoms with Gasteiger partial charge in [0.25, 0.3) is 0 Å². The molecule has 9 nitrogen and oxygen atoms in total. The summed E-state index contributed by atoms with van der Waals surface area (Å²) >= 11 is 0. The number of nitrogens with two attached hydrogens (primary N) is 1. The fourth-order valence-electron chi connectivity index (χ4n) is 1.96. The zero-order valence-corrected chi connectivity index (χ0v) is 15.0. The van der Waals surface area contributed by atoms with E-state index in [9.17, 15) is 13.2 Å². The fourth-order valence-corrected chi connectivity index (χ4v) is 2.54. The second-order valence-electron chi connectivity index (χ2n) is 5.23. The van der Waals surface area contributed by atoms with Crippen LogP contribution in [0.5, 0.6) is 5.88 Å². The molecule has 2 amide bonds. The molecule has 0 radical (unpaired) electrons. The summed E-state index contributed by atoms with van der Waals surface area (Å²) in [6.07, 6.45) is 1.46. The van der Waals surface area contributed by atoms with E-state index in [1.54, 1.807) is 31.4 Å². The molecule has 0 saturated heterocycles. The van der Waals surface area contributed by atoms with Crippen LogP contribution in [-0.2, 0) is 21.3 Å². The third-order valence-corrected chi connectivity index (χ3v) is 4.12. The zero-order chi connectivity index (χ0) is 19.0. The van der Waals surface area contributed by atoms with Crippen LogP contribution in [0.1, 0.15) is 5.56 Å². The molecule has 2 aromatic rings. The van der Waals surface area contributed by atoms with Gasteiger partial charge in [0.2, 0.25) is 15.9 Å². The van der Waals surface area contributed by atoms with E-state index in [2.05, 4.69) is 15.6 Å². The minimum absolute atomic E-state index is 0.00882. The van der Waals surface area contributed by atoms with Crippen molar-refractivity contribution in [2.75, 3.05) is 25.6 Å². The van der Waals surface area contributed by atoms with Gasteiger partial charge in [-0.3, -0.25) is 0 Å². The number of methoxy groups -OCH3 is 1. The molecule has 10 heteroatoms. The van der Waals surface area contributed by atoms with Crippen molar-refractivity contribution in [1.82, 2.24) is 10.3 Å². The van der Waals surface area contributed by atoms with Crippen molar-refractivity contribution in [3.8, 4) is 5.88 Å². The van der Waals surface area contributed by atoms with Gasteiger partial charge in [-0.15, -0.1) is 0 Å². The van der Waals surface area contributed by atoms with E-state index in [0.29, 0.717) is 30.3 Å². The molecule has 2 rings (SSSR count). The van der Waals surface area contributed by atoms with Gasteiger partial charge in [-0.25, -0.2) is 23.3 Å². The Labute approximate surface area is 151 Å². The number of benzene rings is 1. The van der Waals surface area contributed by atoms with Crippen LogP contribution in [0.15, 0.2) is 47.5 Å². The summed E-state index contributed by atoms with van der Waals surface area (Å²) < 4.78 is 32.9. The van der Waals surface area contributed by atoms with Crippen molar-refractivity contribution < 1.29 is 22.7 Å². The summed E-state index contributed by atoms with van der Waals surface area (Å²) in [4.78, 5) is 16.0. The zero-order valence-electron chi connectivity index (χ0n) is 14.1. The lowest BCUT2D eigenvalue weighted by atomic mass is 10.2. The molecule has 0 aliphatic carbocycles. The maximum Gasteiger partial charge on any atom is 0.319 e. The number of rotatable bonds is 8. The number of nitrogens with one attached hydrogen (secondary N) is 2. The van der Waals surface area contributed by atoms with Crippen molar-refractivity contribution in [2.45, 2.75) is 11.4 Å². The molecule has 1 aromatic carbocycles. The number of primary sulfonamides is 1. The molecule has 0 aliphatic rings. The van der Waals surface area contributed by atoms with Crippen molar-refractivity contribution in [2.24, 2.45) is 5.14 Å². The molecule has 1 aromatic heterocycles. The van der Waals surface area contributed by atoms with Gasteiger partial charge < -0.3 is 20.1 Å². The first kappa shape index (κ1) is 19.6. The number of carbonyl (C=O) groups excluding carboxylic acids is 1. The van der Waals surface area contributed by atoms with E-state index in [1.807, 2.05) is 0 Å². The molecule has 0 atom stereocenters. The van der Waals surface area contributed by atoms with Crippen molar-refractivity contribution >= 4 is 21.7 Å². The molecule has 4 N–H and O–H groups in total. The van der Waals surface area contributed by atoms with Crippen molar-refractivity contribution in [3.05, 3.63) is 48.2 Å². The molecular weight excluding hydrogens is 360 g/mol. The number of nitrogens with zero attached hydrogens (tertiary/aromatic N) is 1. The Bertz CT molecular complexity index is 840. The van der Waals surface area contributed by atoms with Crippen LogP contribution in [0.25, 0.3) is 0 Å². The molecule has 0 spiro atoms. The molecule has 1 heterocycles. The van der Waals surface area contributed by atoms with Gasteiger partial charge in [0.1, 0.15) is 6.61 Å². The van der Waals surface area contributed by atoms with Crippen LogP contribution in [0.3, 0.4) is 0 Å². The Balaban J connectivity index is 1.85. The Morgan fingerprint density at radius 3 is 2.69 bits per heavy atom. The minimum atomic E-state index is -3.78. The predicted molar refractivity (Wildman–Crippen MR) is 95.3 cm³/mol. The number of sulfonamides is 1. The third kappa shape index (κ3) is 6.31. The minimum Gasteiger partial charge on any atom is -0.475 e. The number of hydrogen-bond acceptors (Lipinski definition) is 6. The Kier molecular flexibility index (Phi) is 6.89.